The van der Waals surface area contributed by atoms with Crippen LogP contribution in [0.1, 0.15) is 85.0 Å². The highest BCUT2D eigenvalue weighted by Crippen LogP contribution is 2.23. The van der Waals surface area contributed by atoms with E-state index in [2.05, 4.69) is 6.92 Å². The predicted molar refractivity (Wildman–Crippen MR) is 88.7 cm³/mol. The van der Waals surface area contributed by atoms with E-state index in [1.165, 1.54) is 44.9 Å². The lowest BCUT2D eigenvalue weighted by molar-refractivity contribution is -0.273. The Morgan fingerprint density at radius 1 is 1.00 bits per heavy atom. The molecule has 0 saturated carbocycles. The molecule has 4 nitrogen and oxygen atoms in total. The summed E-state index contributed by atoms with van der Waals surface area (Å²) in [6.07, 6.45) is 9.68. The molecule has 0 spiro atoms. The number of aliphatic hydroxyl groups is 2. The molecule has 1 rings (SSSR count). The van der Waals surface area contributed by atoms with Crippen LogP contribution in [0.5, 0.6) is 0 Å². The van der Waals surface area contributed by atoms with Gasteiger partial charge in [0.15, 0.2) is 6.29 Å². The van der Waals surface area contributed by atoms with Crippen molar-refractivity contribution < 1.29 is 19.7 Å². The van der Waals surface area contributed by atoms with Gasteiger partial charge in [0, 0.05) is 6.42 Å². The van der Waals surface area contributed by atoms with Gasteiger partial charge in [-0.05, 0) is 20.3 Å². The third-order valence-electron chi connectivity index (χ3n) is 4.52. The number of hydrogen-bond donors (Lipinski definition) is 2. The smallest absolute Gasteiger partial charge is 0.184 e. The van der Waals surface area contributed by atoms with Crippen LogP contribution in [0.25, 0.3) is 0 Å². The zero-order valence-electron chi connectivity index (χ0n) is 14.7. The minimum Gasteiger partial charge on any atom is -0.390 e. The Morgan fingerprint density at radius 2 is 1.59 bits per heavy atom. The molecule has 0 radical (unpaired) electrons. The zero-order valence-corrected chi connectivity index (χ0v) is 14.7. The Kier molecular flexibility index (Phi) is 10.3. The minimum atomic E-state index is -0.729. The van der Waals surface area contributed by atoms with Crippen LogP contribution in [0, 0.1) is 0 Å². The van der Waals surface area contributed by atoms with Crippen molar-refractivity contribution in [2.24, 2.45) is 0 Å². The molecule has 0 aromatic heterocycles. The van der Waals surface area contributed by atoms with E-state index in [4.69, 9.17) is 9.47 Å². The second-order valence-electron chi connectivity index (χ2n) is 6.79. The van der Waals surface area contributed by atoms with Crippen LogP contribution in [0.4, 0.5) is 0 Å². The molecular weight excluding hydrogens is 280 g/mol. The third-order valence-corrected chi connectivity index (χ3v) is 4.52. The summed E-state index contributed by atoms with van der Waals surface area (Å²) in [6, 6.07) is 0. The highest BCUT2D eigenvalue weighted by molar-refractivity contribution is 4.78. The van der Waals surface area contributed by atoms with E-state index in [1.54, 1.807) is 0 Å². The fourth-order valence-electron chi connectivity index (χ4n) is 2.93. The maximum absolute atomic E-state index is 9.91. The molecule has 1 aliphatic rings. The van der Waals surface area contributed by atoms with Gasteiger partial charge in [-0.3, -0.25) is 0 Å². The van der Waals surface area contributed by atoms with Gasteiger partial charge in [-0.15, -0.1) is 0 Å². The SMILES string of the molecule is CCCCCCCCCC[C@@H](C)OC1OC(C)C(O)CC1O. The largest absolute Gasteiger partial charge is 0.390 e. The second kappa shape index (κ2) is 11.4. The molecule has 5 atom stereocenters. The van der Waals surface area contributed by atoms with E-state index in [0.29, 0.717) is 6.42 Å². The summed E-state index contributed by atoms with van der Waals surface area (Å²) in [7, 11) is 0. The van der Waals surface area contributed by atoms with Gasteiger partial charge in [-0.1, -0.05) is 58.3 Å². The van der Waals surface area contributed by atoms with Crippen LogP contribution >= 0.6 is 0 Å². The first-order chi connectivity index (χ1) is 10.5. The average molecular weight is 316 g/mol. The lowest BCUT2D eigenvalue weighted by atomic mass is 10.0. The molecule has 0 bridgehead atoms. The van der Waals surface area contributed by atoms with Gasteiger partial charge >= 0.3 is 0 Å². The lowest BCUT2D eigenvalue weighted by Gasteiger charge is -2.36. The summed E-state index contributed by atoms with van der Waals surface area (Å²) in [5.41, 5.74) is 0. The van der Waals surface area contributed by atoms with Crippen molar-refractivity contribution in [2.45, 2.75) is 116 Å². The Hall–Kier alpha value is -0.160. The Labute approximate surface area is 136 Å². The number of ether oxygens (including phenoxy) is 2. The molecule has 1 aliphatic heterocycles. The molecule has 4 unspecified atom stereocenters. The van der Waals surface area contributed by atoms with Gasteiger partial charge in [0.05, 0.1) is 18.3 Å². The molecule has 4 heteroatoms. The van der Waals surface area contributed by atoms with Crippen molar-refractivity contribution >= 4 is 0 Å². The summed E-state index contributed by atoms with van der Waals surface area (Å²) in [5, 5.41) is 19.5. The van der Waals surface area contributed by atoms with Gasteiger partial charge in [0.25, 0.3) is 0 Å². The highest BCUT2D eigenvalue weighted by Gasteiger charge is 2.35. The quantitative estimate of drug-likeness (QED) is 0.570. The van der Waals surface area contributed by atoms with Crippen LogP contribution in [-0.4, -0.2) is 40.9 Å². The van der Waals surface area contributed by atoms with E-state index in [9.17, 15) is 10.2 Å². The van der Waals surface area contributed by atoms with E-state index < -0.39 is 18.5 Å². The Morgan fingerprint density at radius 3 is 2.23 bits per heavy atom. The monoisotopic (exact) mass is 316 g/mol. The fraction of sp³-hybridized carbons (Fsp3) is 1.00. The van der Waals surface area contributed by atoms with E-state index in [1.807, 2.05) is 13.8 Å². The minimum absolute atomic E-state index is 0.0854. The highest BCUT2D eigenvalue weighted by atomic mass is 16.7. The summed E-state index contributed by atoms with van der Waals surface area (Å²) in [4.78, 5) is 0. The molecule has 0 amide bonds. The lowest BCUT2D eigenvalue weighted by Crippen LogP contribution is -2.48. The van der Waals surface area contributed by atoms with Crippen LogP contribution < -0.4 is 0 Å². The van der Waals surface area contributed by atoms with E-state index >= 15 is 0 Å². The van der Waals surface area contributed by atoms with Gasteiger partial charge in [0.2, 0.25) is 0 Å². The van der Waals surface area contributed by atoms with Crippen molar-refractivity contribution in [3.63, 3.8) is 0 Å². The fourth-order valence-corrected chi connectivity index (χ4v) is 2.93. The van der Waals surface area contributed by atoms with Crippen molar-refractivity contribution in [1.82, 2.24) is 0 Å². The molecule has 0 aliphatic carbocycles. The second-order valence-corrected chi connectivity index (χ2v) is 6.79. The molecule has 0 aromatic carbocycles. The van der Waals surface area contributed by atoms with Crippen molar-refractivity contribution in [2.75, 3.05) is 0 Å². The first-order valence-electron chi connectivity index (χ1n) is 9.21. The van der Waals surface area contributed by atoms with Crippen molar-refractivity contribution in [3.8, 4) is 0 Å². The van der Waals surface area contributed by atoms with E-state index in [-0.39, 0.29) is 12.2 Å². The van der Waals surface area contributed by atoms with Crippen molar-refractivity contribution in [1.29, 1.82) is 0 Å². The van der Waals surface area contributed by atoms with Gasteiger partial charge < -0.3 is 19.7 Å². The van der Waals surface area contributed by atoms with Gasteiger partial charge in [0.1, 0.15) is 6.10 Å². The first-order valence-corrected chi connectivity index (χ1v) is 9.21. The molecule has 1 heterocycles. The summed E-state index contributed by atoms with van der Waals surface area (Å²) in [6.45, 7) is 6.10. The first kappa shape index (κ1) is 19.9. The third kappa shape index (κ3) is 7.91. The molecule has 132 valence electrons. The molecule has 2 N–H and O–H groups in total. The normalized spacial score (nSPS) is 30.4. The summed E-state index contributed by atoms with van der Waals surface area (Å²) >= 11 is 0. The van der Waals surface area contributed by atoms with Crippen LogP contribution in [0.3, 0.4) is 0 Å². The molecule has 1 fully saturated rings. The van der Waals surface area contributed by atoms with Crippen LogP contribution in [0.15, 0.2) is 0 Å². The standard InChI is InChI=1S/C18H36O4/c1-4-5-6-7-8-9-10-11-12-14(2)21-18-17(20)13-16(19)15(3)22-18/h14-20H,4-13H2,1-3H3/t14-,15?,16?,17?,18?/m1/s1. The summed E-state index contributed by atoms with van der Waals surface area (Å²) < 4.78 is 11.3. The topological polar surface area (TPSA) is 58.9 Å². The zero-order chi connectivity index (χ0) is 16.4. The molecule has 22 heavy (non-hydrogen) atoms. The maximum Gasteiger partial charge on any atom is 0.184 e. The summed E-state index contributed by atoms with van der Waals surface area (Å²) in [5.74, 6) is 0. The van der Waals surface area contributed by atoms with E-state index in [0.717, 1.165) is 12.8 Å². The number of rotatable bonds is 11. The molecular formula is C18H36O4. The van der Waals surface area contributed by atoms with Gasteiger partial charge in [-0.25, -0.2) is 0 Å². The number of unbranched alkanes of at least 4 members (excludes halogenated alkanes) is 7. The predicted octanol–water partition coefficient (Wildman–Crippen LogP) is 3.78. The number of hydrogen-bond acceptors (Lipinski definition) is 4. The average Bonchev–Trinajstić information content (AvgIpc) is 2.47. The Balaban J connectivity index is 2.04. The van der Waals surface area contributed by atoms with Crippen LogP contribution in [0.2, 0.25) is 0 Å². The van der Waals surface area contributed by atoms with Crippen LogP contribution in [-0.2, 0) is 9.47 Å². The van der Waals surface area contributed by atoms with Gasteiger partial charge in [-0.2, -0.15) is 0 Å². The maximum atomic E-state index is 9.91. The Bertz CT molecular complexity index is 272. The molecule has 1 saturated heterocycles. The number of aliphatic hydroxyl groups excluding tert-OH is 2. The van der Waals surface area contributed by atoms with Crippen molar-refractivity contribution in [3.05, 3.63) is 0 Å². The molecule has 0 aromatic rings.